The number of hydrogen-bond donors (Lipinski definition) is 1. The van der Waals surface area contributed by atoms with E-state index in [0.717, 1.165) is 6.26 Å². The molecule has 0 saturated carbocycles. The van der Waals surface area contributed by atoms with Crippen LogP contribution in [0.3, 0.4) is 0 Å². The van der Waals surface area contributed by atoms with E-state index in [2.05, 4.69) is 5.32 Å². The Hall–Kier alpha value is -2.25. The third kappa shape index (κ3) is 6.77. The van der Waals surface area contributed by atoms with Crippen LogP contribution in [-0.2, 0) is 14.8 Å². The van der Waals surface area contributed by atoms with E-state index >= 15 is 0 Å². The predicted molar refractivity (Wildman–Crippen MR) is 109 cm³/mol. The molecule has 0 atom stereocenters. The Kier molecular flexibility index (Phi) is 7.50. The summed E-state index contributed by atoms with van der Waals surface area (Å²) in [6.07, 6.45) is 1.72. The number of sulfonamides is 1. The van der Waals surface area contributed by atoms with Gasteiger partial charge in [-0.1, -0.05) is 17.7 Å². The molecular weight excluding hydrogens is 388 g/mol. The Balaban J connectivity index is 1.95. The molecule has 27 heavy (non-hydrogen) atoms. The molecule has 6 nitrogen and oxygen atoms in total. The molecular formula is C19H23ClN2O4S. The van der Waals surface area contributed by atoms with E-state index < -0.39 is 10.0 Å². The van der Waals surface area contributed by atoms with Gasteiger partial charge in [-0.15, -0.1) is 0 Å². The minimum atomic E-state index is -3.46. The Morgan fingerprint density at radius 3 is 2.48 bits per heavy atom. The first kappa shape index (κ1) is 21.1. The zero-order valence-corrected chi connectivity index (χ0v) is 16.9. The SMILES string of the molecule is CCOc1ccc(N(CCCC(=O)Nc2cccc(Cl)c2)S(C)(=O)=O)cc1. The van der Waals surface area contributed by atoms with Gasteiger partial charge in [0.05, 0.1) is 18.6 Å². The smallest absolute Gasteiger partial charge is 0.232 e. The molecule has 0 aromatic heterocycles. The quantitative estimate of drug-likeness (QED) is 0.679. The molecule has 2 rings (SSSR count). The second kappa shape index (κ2) is 9.62. The van der Waals surface area contributed by atoms with Crippen LogP contribution >= 0.6 is 11.6 Å². The summed E-state index contributed by atoms with van der Waals surface area (Å²) < 4.78 is 30.9. The minimum absolute atomic E-state index is 0.190. The number of nitrogens with one attached hydrogen (secondary N) is 1. The van der Waals surface area contributed by atoms with Crippen LogP contribution in [-0.4, -0.2) is 33.7 Å². The van der Waals surface area contributed by atoms with Crippen LogP contribution in [0.15, 0.2) is 48.5 Å². The van der Waals surface area contributed by atoms with Gasteiger partial charge in [0.1, 0.15) is 5.75 Å². The number of anilines is 2. The molecule has 0 heterocycles. The summed E-state index contributed by atoms with van der Waals surface area (Å²) in [5.74, 6) is 0.480. The molecule has 0 unspecified atom stereocenters. The molecule has 2 aromatic carbocycles. The van der Waals surface area contributed by atoms with E-state index in [-0.39, 0.29) is 18.9 Å². The molecule has 0 spiro atoms. The molecule has 0 bridgehead atoms. The van der Waals surface area contributed by atoms with Gasteiger partial charge < -0.3 is 10.1 Å². The van der Waals surface area contributed by atoms with Crippen LogP contribution in [0.1, 0.15) is 19.8 Å². The number of hydrogen-bond acceptors (Lipinski definition) is 4. The largest absolute Gasteiger partial charge is 0.494 e. The van der Waals surface area contributed by atoms with Crippen molar-refractivity contribution in [3.63, 3.8) is 0 Å². The van der Waals surface area contributed by atoms with Crippen molar-refractivity contribution < 1.29 is 17.9 Å². The van der Waals surface area contributed by atoms with Gasteiger partial charge in [-0.2, -0.15) is 0 Å². The minimum Gasteiger partial charge on any atom is -0.494 e. The van der Waals surface area contributed by atoms with E-state index in [1.165, 1.54) is 4.31 Å². The third-order valence-electron chi connectivity index (χ3n) is 3.71. The number of amides is 1. The maximum Gasteiger partial charge on any atom is 0.232 e. The standard InChI is InChI=1S/C19H23ClN2O4S/c1-3-26-18-11-9-17(10-12-18)22(27(2,24)25)13-5-8-19(23)21-16-7-4-6-15(20)14-16/h4,6-7,9-12,14H,3,5,8,13H2,1-2H3,(H,21,23). The monoisotopic (exact) mass is 410 g/mol. The van der Waals surface area contributed by atoms with Crippen LogP contribution in [0, 0.1) is 0 Å². The summed E-state index contributed by atoms with van der Waals surface area (Å²) in [7, 11) is -3.46. The Morgan fingerprint density at radius 1 is 1.19 bits per heavy atom. The highest BCUT2D eigenvalue weighted by Crippen LogP contribution is 2.22. The van der Waals surface area contributed by atoms with Gasteiger partial charge in [-0.05, 0) is 55.8 Å². The second-order valence-corrected chi connectivity index (χ2v) is 8.27. The van der Waals surface area contributed by atoms with Crippen LogP contribution < -0.4 is 14.4 Å². The normalized spacial score (nSPS) is 11.1. The van der Waals surface area contributed by atoms with Crippen LogP contribution in [0.25, 0.3) is 0 Å². The van der Waals surface area contributed by atoms with E-state index in [9.17, 15) is 13.2 Å². The summed E-state index contributed by atoms with van der Waals surface area (Å²) in [4.78, 5) is 12.1. The van der Waals surface area contributed by atoms with E-state index in [1.54, 1.807) is 48.5 Å². The summed E-state index contributed by atoms with van der Waals surface area (Å²) in [5, 5.41) is 3.28. The zero-order chi connectivity index (χ0) is 19.9. The fourth-order valence-corrected chi connectivity index (χ4v) is 3.69. The highest BCUT2D eigenvalue weighted by atomic mass is 35.5. The first-order valence-electron chi connectivity index (χ1n) is 8.55. The molecule has 1 N–H and O–H groups in total. The molecule has 146 valence electrons. The number of halogens is 1. The molecule has 0 fully saturated rings. The highest BCUT2D eigenvalue weighted by molar-refractivity contribution is 7.92. The van der Waals surface area contributed by atoms with Crippen molar-refractivity contribution in [2.45, 2.75) is 19.8 Å². The summed E-state index contributed by atoms with van der Waals surface area (Å²) in [6.45, 7) is 2.62. The maximum atomic E-state index is 12.1. The first-order chi connectivity index (χ1) is 12.8. The zero-order valence-electron chi connectivity index (χ0n) is 15.3. The van der Waals surface area contributed by atoms with E-state index in [4.69, 9.17) is 16.3 Å². The lowest BCUT2D eigenvalue weighted by Gasteiger charge is -2.22. The van der Waals surface area contributed by atoms with Gasteiger partial charge in [-0.25, -0.2) is 8.42 Å². The number of ether oxygens (including phenoxy) is 1. The van der Waals surface area contributed by atoms with Crippen molar-refractivity contribution in [2.75, 3.05) is 29.0 Å². The third-order valence-corrected chi connectivity index (χ3v) is 5.14. The van der Waals surface area contributed by atoms with Crippen molar-refractivity contribution in [1.82, 2.24) is 0 Å². The Morgan fingerprint density at radius 2 is 1.89 bits per heavy atom. The van der Waals surface area contributed by atoms with Gasteiger partial charge in [0, 0.05) is 23.7 Å². The molecule has 0 radical (unpaired) electrons. The van der Waals surface area contributed by atoms with Gasteiger partial charge >= 0.3 is 0 Å². The Labute approximate surface area is 165 Å². The molecule has 0 aliphatic rings. The molecule has 1 amide bonds. The number of rotatable bonds is 9. The topological polar surface area (TPSA) is 75.7 Å². The molecule has 0 aliphatic carbocycles. The number of carbonyl (C=O) groups excluding carboxylic acids is 1. The number of nitrogens with zero attached hydrogens (tertiary/aromatic N) is 1. The fraction of sp³-hybridized carbons (Fsp3) is 0.316. The average molecular weight is 411 g/mol. The predicted octanol–water partition coefficient (Wildman–Crippen LogP) is 3.92. The van der Waals surface area contributed by atoms with Crippen molar-refractivity contribution in [3.8, 4) is 5.75 Å². The summed E-state index contributed by atoms with van der Waals surface area (Å²) in [5.41, 5.74) is 1.15. The highest BCUT2D eigenvalue weighted by Gasteiger charge is 2.17. The van der Waals surface area contributed by atoms with Crippen molar-refractivity contribution >= 4 is 38.9 Å². The van der Waals surface area contributed by atoms with Crippen LogP contribution in [0.4, 0.5) is 11.4 Å². The lowest BCUT2D eigenvalue weighted by Crippen LogP contribution is -2.31. The fourth-order valence-electron chi connectivity index (χ4n) is 2.53. The van der Waals surface area contributed by atoms with Crippen molar-refractivity contribution in [2.24, 2.45) is 0 Å². The number of benzene rings is 2. The van der Waals surface area contributed by atoms with Gasteiger partial charge in [0.15, 0.2) is 0 Å². The van der Waals surface area contributed by atoms with Gasteiger partial charge in [0.25, 0.3) is 0 Å². The Bertz CT molecular complexity index is 870. The van der Waals surface area contributed by atoms with E-state index in [0.29, 0.717) is 35.2 Å². The summed E-state index contributed by atoms with van der Waals surface area (Å²) in [6, 6.07) is 13.7. The molecule has 2 aromatic rings. The van der Waals surface area contributed by atoms with E-state index in [1.807, 2.05) is 6.92 Å². The lowest BCUT2D eigenvalue weighted by atomic mass is 10.2. The molecule has 0 saturated heterocycles. The lowest BCUT2D eigenvalue weighted by molar-refractivity contribution is -0.116. The van der Waals surface area contributed by atoms with Crippen LogP contribution in [0.2, 0.25) is 5.02 Å². The maximum absolute atomic E-state index is 12.1. The average Bonchev–Trinajstić information content (AvgIpc) is 2.59. The number of carbonyl (C=O) groups is 1. The first-order valence-corrected chi connectivity index (χ1v) is 10.8. The molecule has 8 heteroatoms. The van der Waals surface area contributed by atoms with Crippen molar-refractivity contribution in [3.05, 3.63) is 53.6 Å². The van der Waals surface area contributed by atoms with Crippen LogP contribution in [0.5, 0.6) is 5.75 Å². The second-order valence-electron chi connectivity index (χ2n) is 5.92. The van der Waals surface area contributed by atoms with Crippen molar-refractivity contribution in [1.29, 1.82) is 0 Å². The molecule has 0 aliphatic heterocycles. The van der Waals surface area contributed by atoms with Gasteiger partial charge in [-0.3, -0.25) is 9.10 Å². The summed E-state index contributed by atoms with van der Waals surface area (Å²) >= 11 is 5.89. The van der Waals surface area contributed by atoms with Gasteiger partial charge in [0.2, 0.25) is 15.9 Å².